The molecular formula is C25H36O4. The molecule has 4 aliphatic carbocycles. The van der Waals surface area contributed by atoms with Gasteiger partial charge < -0.3 is 9.47 Å². The van der Waals surface area contributed by atoms with Crippen molar-refractivity contribution in [3.05, 3.63) is 17.9 Å². The lowest BCUT2D eigenvalue weighted by Gasteiger charge is -2.38. The lowest BCUT2D eigenvalue weighted by Crippen LogP contribution is -2.38. The minimum Gasteiger partial charge on any atom is -0.458 e. The molecule has 0 unspecified atom stereocenters. The maximum atomic E-state index is 12.3. The van der Waals surface area contributed by atoms with Crippen LogP contribution >= 0.6 is 0 Å². The fourth-order valence-corrected chi connectivity index (χ4v) is 7.14. The van der Waals surface area contributed by atoms with E-state index in [2.05, 4.69) is 47.3 Å². The highest BCUT2D eigenvalue weighted by Gasteiger charge is 2.63. The standard InChI is InChI=1S/C25H36O4/c1-22(2)16-10-12-24(22,5)18(14-16)28-20(26)8-7-9-21(27)29-19-15-17-11-13-25(19,6)23(17,3)4/h8-9,16-19H,10-15H2,1-6H3/t7?,16-,17-,18-,19-,24+,25+/m1/s1. The van der Waals surface area contributed by atoms with E-state index in [0.717, 1.165) is 25.7 Å². The largest absolute Gasteiger partial charge is 0.458 e. The van der Waals surface area contributed by atoms with E-state index < -0.39 is 11.9 Å². The molecule has 0 aliphatic heterocycles. The third-order valence-electron chi connectivity index (χ3n) is 10.3. The molecule has 0 radical (unpaired) electrons. The number of ether oxygens (including phenoxy) is 2. The Morgan fingerprint density at radius 2 is 1.14 bits per heavy atom. The molecule has 0 spiro atoms. The van der Waals surface area contributed by atoms with E-state index in [9.17, 15) is 9.59 Å². The molecule has 0 N–H and O–H groups in total. The average molecular weight is 401 g/mol. The minimum absolute atomic E-state index is 0.0356. The number of carbonyl (C=O) groups is 2. The Labute approximate surface area is 175 Å². The molecule has 4 rings (SSSR count). The van der Waals surface area contributed by atoms with Gasteiger partial charge in [-0.05, 0) is 61.2 Å². The van der Waals surface area contributed by atoms with Gasteiger partial charge in [0.15, 0.2) is 0 Å². The second-order valence-corrected chi connectivity index (χ2v) is 11.5. The second-order valence-electron chi connectivity index (χ2n) is 11.5. The van der Waals surface area contributed by atoms with Crippen LogP contribution in [0.25, 0.3) is 0 Å². The van der Waals surface area contributed by atoms with Crippen molar-refractivity contribution in [1.82, 2.24) is 0 Å². The Kier molecular flexibility index (Phi) is 4.63. The molecule has 6 atom stereocenters. The van der Waals surface area contributed by atoms with Crippen LogP contribution in [0.5, 0.6) is 0 Å². The molecule has 0 aromatic rings. The zero-order valence-electron chi connectivity index (χ0n) is 18.8. The van der Waals surface area contributed by atoms with Crippen LogP contribution in [0.4, 0.5) is 0 Å². The third-order valence-corrected chi connectivity index (χ3v) is 10.3. The fraction of sp³-hybridized carbons (Fsp3) is 0.800. The first-order valence-electron chi connectivity index (χ1n) is 11.3. The summed E-state index contributed by atoms with van der Waals surface area (Å²) < 4.78 is 11.5. The van der Waals surface area contributed by atoms with Crippen LogP contribution in [0.15, 0.2) is 17.9 Å². The van der Waals surface area contributed by atoms with Gasteiger partial charge in [0, 0.05) is 10.8 Å². The van der Waals surface area contributed by atoms with Gasteiger partial charge >= 0.3 is 11.9 Å². The molecule has 4 nitrogen and oxygen atoms in total. The Hall–Kier alpha value is -1.54. The Morgan fingerprint density at radius 3 is 1.41 bits per heavy atom. The van der Waals surface area contributed by atoms with Crippen LogP contribution in [0.2, 0.25) is 0 Å². The van der Waals surface area contributed by atoms with Crippen LogP contribution < -0.4 is 0 Å². The van der Waals surface area contributed by atoms with E-state index in [4.69, 9.17) is 9.47 Å². The average Bonchev–Trinajstić information content (AvgIpc) is 3.13. The van der Waals surface area contributed by atoms with Gasteiger partial charge in [0.05, 0.1) is 12.2 Å². The maximum Gasteiger partial charge on any atom is 0.338 e. The summed E-state index contributed by atoms with van der Waals surface area (Å²) in [7, 11) is 0. The molecular weight excluding hydrogens is 364 g/mol. The first-order valence-corrected chi connectivity index (χ1v) is 11.3. The summed E-state index contributed by atoms with van der Waals surface area (Å²) in [6.07, 6.45) is 8.88. The lowest BCUT2D eigenvalue weighted by atomic mass is 9.70. The van der Waals surface area contributed by atoms with Gasteiger partial charge in [-0.15, -0.1) is 5.73 Å². The first-order chi connectivity index (χ1) is 13.4. The summed E-state index contributed by atoms with van der Waals surface area (Å²) >= 11 is 0. The van der Waals surface area contributed by atoms with Gasteiger partial charge in [-0.3, -0.25) is 0 Å². The molecule has 4 fully saturated rings. The third kappa shape index (κ3) is 2.86. The predicted molar refractivity (Wildman–Crippen MR) is 111 cm³/mol. The number of hydrogen-bond donors (Lipinski definition) is 0. The quantitative estimate of drug-likeness (QED) is 0.369. The minimum atomic E-state index is -0.420. The van der Waals surface area contributed by atoms with Crippen molar-refractivity contribution in [2.75, 3.05) is 0 Å². The van der Waals surface area contributed by atoms with Crippen molar-refractivity contribution in [3.8, 4) is 0 Å². The molecule has 4 heteroatoms. The van der Waals surface area contributed by atoms with Crippen molar-refractivity contribution >= 4 is 11.9 Å². The molecule has 0 heterocycles. The fourth-order valence-electron chi connectivity index (χ4n) is 7.14. The monoisotopic (exact) mass is 400 g/mol. The topological polar surface area (TPSA) is 52.6 Å². The zero-order valence-corrected chi connectivity index (χ0v) is 18.8. The number of hydrogen-bond acceptors (Lipinski definition) is 4. The summed E-state index contributed by atoms with van der Waals surface area (Å²) in [4.78, 5) is 24.6. The van der Waals surface area contributed by atoms with Gasteiger partial charge in [-0.25, -0.2) is 9.59 Å². The molecule has 4 bridgehead atoms. The van der Waals surface area contributed by atoms with Crippen molar-refractivity contribution < 1.29 is 19.1 Å². The summed E-state index contributed by atoms with van der Waals surface area (Å²) in [6.45, 7) is 13.7. The zero-order chi connectivity index (χ0) is 21.2. The Morgan fingerprint density at radius 1 is 0.759 bits per heavy atom. The van der Waals surface area contributed by atoms with Crippen LogP contribution in [-0.4, -0.2) is 24.1 Å². The maximum absolute atomic E-state index is 12.3. The second kappa shape index (κ2) is 6.48. The van der Waals surface area contributed by atoms with Crippen molar-refractivity contribution in [2.45, 2.75) is 92.3 Å². The van der Waals surface area contributed by atoms with Crippen LogP contribution in [0, 0.1) is 33.5 Å². The summed E-state index contributed by atoms with van der Waals surface area (Å²) in [5.74, 6) is 0.396. The summed E-state index contributed by atoms with van der Waals surface area (Å²) in [5.41, 5.74) is 3.16. The van der Waals surface area contributed by atoms with E-state index in [-0.39, 0.29) is 33.9 Å². The molecule has 4 aliphatic rings. The lowest BCUT2D eigenvalue weighted by molar-refractivity contribution is -0.151. The van der Waals surface area contributed by atoms with Crippen LogP contribution in [-0.2, 0) is 19.1 Å². The highest BCUT2D eigenvalue weighted by molar-refractivity contribution is 5.85. The number of esters is 2. The van der Waals surface area contributed by atoms with Crippen molar-refractivity contribution in [3.63, 3.8) is 0 Å². The molecule has 0 amide bonds. The number of rotatable bonds is 4. The van der Waals surface area contributed by atoms with Crippen molar-refractivity contribution in [2.24, 2.45) is 33.5 Å². The number of carbonyl (C=O) groups excluding carboxylic acids is 2. The SMILES string of the molecule is CC1(C)[C@@H]2CC[C@@]1(C)[C@H](OC(=O)C=C=CC(=O)O[C@@H]1C[C@H]3CC[C@]1(C)C3(C)C)C2. The van der Waals surface area contributed by atoms with Gasteiger partial charge in [0.2, 0.25) is 0 Å². The number of fused-ring (bicyclic) bond motifs is 4. The van der Waals surface area contributed by atoms with E-state index in [1.54, 1.807) is 0 Å². The highest BCUT2D eigenvalue weighted by atomic mass is 16.5. The van der Waals surface area contributed by atoms with Gasteiger partial charge in [0.25, 0.3) is 0 Å². The molecule has 0 saturated heterocycles. The van der Waals surface area contributed by atoms with E-state index in [1.807, 2.05) is 0 Å². The molecule has 4 saturated carbocycles. The Bertz CT molecular complexity index is 725. The van der Waals surface area contributed by atoms with Crippen LogP contribution in [0.3, 0.4) is 0 Å². The van der Waals surface area contributed by atoms with Gasteiger partial charge in [-0.1, -0.05) is 41.5 Å². The van der Waals surface area contributed by atoms with E-state index in [0.29, 0.717) is 11.8 Å². The van der Waals surface area contributed by atoms with Gasteiger partial charge in [0.1, 0.15) is 12.2 Å². The smallest absolute Gasteiger partial charge is 0.338 e. The van der Waals surface area contributed by atoms with Gasteiger partial charge in [-0.2, -0.15) is 0 Å². The van der Waals surface area contributed by atoms with E-state index in [1.165, 1.54) is 25.0 Å². The Balaban J connectivity index is 1.33. The van der Waals surface area contributed by atoms with Crippen molar-refractivity contribution in [1.29, 1.82) is 0 Å². The summed E-state index contributed by atoms with van der Waals surface area (Å²) in [5, 5.41) is 0. The molecule has 0 aromatic carbocycles. The molecule has 0 aromatic heterocycles. The predicted octanol–water partition coefficient (Wildman–Crippen LogP) is 5.21. The first kappa shape index (κ1) is 20.7. The van der Waals surface area contributed by atoms with Crippen LogP contribution in [0.1, 0.15) is 80.1 Å². The normalized spacial score (nSPS) is 43.0. The molecule has 29 heavy (non-hydrogen) atoms. The molecule has 160 valence electrons. The highest BCUT2D eigenvalue weighted by Crippen LogP contribution is 2.67. The summed E-state index contributed by atoms with van der Waals surface area (Å²) in [6, 6.07) is 0. The van der Waals surface area contributed by atoms with E-state index >= 15 is 0 Å².